The summed E-state index contributed by atoms with van der Waals surface area (Å²) < 4.78 is 1.79. The number of urea groups is 1. The van der Waals surface area contributed by atoms with Gasteiger partial charge in [0.2, 0.25) is 0 Å². The SMILES string of the molecule is Cc1cnn(CCNC(=O)NCCCCCCC(=O)O)c1. The van der Waals surface area contributed by atoms with Crippen LogP contribution in [0.4, 0.5) is 4.79 Å². The Hall–Kier alpha value is -2.05. The summed E-state index contributed by atoms with van der Waals surface area (Å²) in [5.41, 5.74) is 1.10. The molecule has 7 nitrogen and oxygen atoms in total. The summed E-state index contributed by atoms with van der Waals surface area (Å²) >= 11 is 0. The molecule has 118 valence electrons. The normalized spacial score (nSPS) is 10.3. The Morgan fingerprint density at radius 2 is 1.90 bits per heavy atom. The standard InChI is InChI=1S/C14H24N4O3/c1-12-10-17-18(11-12)9-8-16-14(21)15-7-5-3-2-4-6-13(19)20/h10-11H,2-9H2,1H3,(H,19,20)(H2,15,16,21). The van der Waals surface area contributed by atoms with Crippen LogP contribution in [0.15, 0.2) is 12.4 Å². The number of amides is 2. The van der Waals surface area contributed by atoms with Gasteiger partial charge in [-0.3, -0.25) is 9.48 Å². The molecule has 1 aromatic rings. The highest BCUT2D eigenvalue weighted by atomic mass is 16.4. The van der Waals surface area contributed by atoms with Crippen LogP contribution in [-0.4, -0.2) is 40.0 Å². The minimum atomic E-state index is -0.750. The number of hydrogen-bond acceptors (Lipinski definition) is 3. The number of nitrogens with zero attached hydrogens (tertiary/aromatic N) is 2. The van der Waals surface area contributed by atoms with Crippen LogP contribution < -0.4 is 10.6 Å². The van der Waals surface area contributed by atoms with E-state index in [1.54, 1.807) is 10.9 Å². The minimum absolute atomic E-state index is 0.176. The Kier molecular flexibility index (Phi) is 7.93. The lowest BCUT2D eigenvalue weighted by atomic mass is 10.1. The second kappa shape index (κ2) is 9.79. The molecule has 1 rings (SSSR count). The third-order valence-corrected chi connectivity index (χ3v) is 2.99. The molecule has 0 fully saturated rings. The van der Waals surface area contributed by atoms with Gasteiger partial charge in [0.1, 0.15) is 0 Å². The number of carbonyl (C=O) groups excluding carboxylic acids is 1. The zero-order valence-electron chi connectivity index (χ0n) is 12.5. The molecule has 0 aliphatic heterocycles. The number of aryl methyl sites for hydroxylation is 1. The van der Waals surface area contributed by atoms with Gasteiger partial charge in [-0.15, -0.1) is 0 Å². The highest BCUT2D eigenvalue weighted by Gasteiger charge is 2.00. The maximum Gasteiger partial charge on any atom is 0.314 e. The van der Waals surface area contributed by atoms with Gasteiger partial charge >= 0.3 is 12.0 Å². The molecule has 0 aliphatic carbocycles. The van der Waals surface area contributed by atoms with Crippen LogP contribution in [0.25, 0.3) is 0 Å². The van der Waals surface area contributed by atoms with Crippen molar-refractivity contribution in [1.82, 2.24) is 20.4 Å². The van der Waals surface area contributed by atoms with Crippen LogP contribution in [0, 0.1) is 6.92 Å². The van der Waals surface area contributed by atoms with Crippen LogP contribution in [-0.2, 0) is 11.3 Å². The summed E-state index contributed by atoms with van der Waals surface area (Å²) in [6.45, 7) is 3.77. The second-order valence-electron chi connectivity index (χ2n) is 5.02. The largest absolute Gasteiger partial charge is 0.481 e. The lowest BCUT2D eigenvalue weighted by molar-refractivity contribution is -0.137. The third kappa shape index (κ3) is 8.67. The average Bonchev–Trinajstić information content (AvgIpc) is 2.83. The van der Waals surface area contributed by atoms with Gasteiger partial charge in [0.25, 0.3) is 0 Å². The van der Waals surface area contributed by atoms with E-state index in [1.165, 1.54) is 0 Å². The lowest BCUT2D eigenvalue weighted by Crippen LogP contribution is -2.37. The van der Waals surface area contributed by atoms with Crippen molar-refractivity contribution in [2.45, 2.75) is 45.6 Å². The molecule has 0 saturated carbocycles. The number of rotatable bonds is 10. The summed E-state index contributed by atoms with van der Waals surface area (Å²) in [4.78, 5) is 21.8. The van der Waals surface area contributed by atoms with E-state index in [0.717, 1.165) is 24.8 Å². The molecule has 1 aromatic heterocycles. The second-order valence-corrected chi connectivity index (χ2v) is 5.02. The topological polar surface area (TPSA) is 96.3 Å². The van der Waals surface area contributed by atoms with E-state index in [2.05, 4.69) is 15.7 Å². The number of aliphatic carboxylic acids is 1. The molecule has 0 atom stereocenters. The first-order valence-corrected chi connectivity index (χ1v) is 7.30. The molecule has 0 unspecified atom stereocenters. The molecule has 0 bridgehead atoms. The van der Waals surface area contributed by atoms with Gasteiger partial charge in [0.05, 0.1) is 12.7 Å². The minimum Gasteiger partial charge on any atom is -0.481 e. The summed E-state index contributed by atoms with van der Waals surface area (Å²) in [7, 11) is 0. The molecule has 3 N–H and O–H groups in total. The molecule has 0 aromatic carbocycles. The van der Waals surface area contributed by atoms with Crippen molar-refractivity contribution in [2.75, 3.05) is 13.1 Å². The first-order valence-electron chi connectivity index (χ1n) is 7.30. The first kappa shape index (κ1) is 17.0. The van der Waals surface area contributed by atoms with Crippen molar-refractivity contribution in [1.29, 1.82) is 0 Å². The van der Waals surface area contributed by atoms with E-state index in [0.29, 0.717) is 26.1 Å². The van der Waals surface area contributed by atoms with Gasteiger partial charge < -0.3 is 15.7 Å². The maximum absolute atomic E-state index is 11.5. The summed E-state index contributed by atoms with van der Waals surface area (Å²) in [6, 6.07) is -0.176. The molecule has 2 amide bonds. The van der Waals surface area contributed by atoms with E-state index < -0.39 is 5.97 Å². The molecule has 1 heterocycles. The number of nitrogens with one attached hydrogen (secondary N) is 2. The smallest absolute Gasteiger partial charge is 0.314 e. The number of aromatic nitrogens is 2. The molecular formula is C14H24N4O3. The summed E-state index contributed by atoms with van der Waals surface area (Å²) in [6.07, 6.45) is 7.31. The van der Waals surface area contributed by atoms with E-state index in [4.69, 9.17) is 5.11 Å². The fourth-order valence-electron chi connectivity index (χ4n) is 1.89. The number of hydrogen-bond donors (Lipinski definition) is 3. The van der Waals surface area contributed by atoms with Gasteiger partial charge in [-0.1, -0.05) is 12.8 Å². The highest BCUT2D eigenvalue weighted by molar-refractivity contribution is 5.73. The molecule has 0 radical (unpaired) electrons. The number of carbonyl (C=O) groups is 2. The van der Waals surface area contributed by atoms with Gasteiger partial charge in [-0.05, 0) is 25.3 Å². The van der Waals surface area contributed by atoms with E-state index >= 15 is 0 Å². The Balaban J connectivity index is 1.93. The zero-order chi connectivity index (χ0) is 15.5. The van der Waals surface area contributed by atoms with Crippen molar-refractivity contribution in [3.63, 3.8) is 0 Å². The monoisotopic (exact) mass is 296 g/mol. The lowest BCUT2D eigenvalue weighted by Gasteiger charge is -2.07. The fraction of sp³-hybridized carbons (Fsp3) is 0.643. The fourth-order valence-corrected chi connectivity index (χ4v) is 1.89. The van der Waals surface area contributed by atoms with E-state index in [1.807, 2.05) is 13.1 Å². The van der Waals surface area contributed by atoms with Gasteiger partial charge in [-0.2, -0.15) is 5.10 Å². The molecule has 7 heteroatoms. The average molecular weight is 296 g/mol. The zero-order valence-corrected chi connectivity index (χ0v) is 12.5. The Morgan fingerprint density at radius 1 is 1.19 bits per heavy atom. The van der Waals surface area contributed by atoms with E-state index in [9.17, 15) is 9.59 Å². The quantitative estimate of drug-likeness (QED) is 0.570. The van der Waals surface area contributed by atoms with Gasteiger partial charge in [0.15, 0.2) is 0 Å². The van der Waals surface area contributed by atoms with Crippen molar-refractivity contribution in [2.24, 2.45) is 0 Å². The summed E-state index contributed by atoms with van der Waals surface area (Å²) in [5, 5.41) is 18.2. The maximum atomic E-state index is 11.5. The predicted molar refractivity (Wildman–Crippen MR) is 79.1 cm³/mol. The van der Waals surface area contributed by atoms with Crippen molar-refractivity contribution >= 4 is 12.0 Å². The number of carboxylic acid groups (broad SMARTS) is 1. The van der Waals surface area contributed by atoms with Gasteiger partial charge in [0, 0.05) is 25.7 Å². The highest BCUT2D eigenvalue weighted by Crippen LogP contribution is 2.02. The first-order chi connectivity index (χ1) is 10.1. The van der Waals surface area contributed by atoms with Crippen LogP contribution >= 0.6 is 0 Å². The number of unbranched alkanes of at least 4 members (excludes halogenated alkanes) is 3. The molecule has 0 aliphatic rings. The molecule has 21 heavy (non-hydrogen) atoms. The van der Waals surface area contributed by atoms with Crippen molar-refractivity contribution in [3.8, 4) is 0 Å². The molecular weight excluding hydrogens is 272 g/mol. The van der Waals surface area contributed by atoms with E-state index in [-0.39, 0.29) is 12.5 Å². The Morgan fingerprint density at radius 3 is 2.57 bits per heavy atom. The summed E-state index contributed by atoms with van der Waals surface area (Å²) in [5.74, 6) is -0.750. The molecule has 0 saturated heterocycles. The van der Waals surface area contributed by atoms with Crippen LogP contribution in [0.5, 0.6) is 0 Å². The third-order valence-electron chi connectivity index (χ3n) is 2.99. The molecule has 0 spiro atoms. The van der Waals surface area contributed by atoms with Crippen LogP contribution in [0.3, 0.4) is 0 Å². The van der Waals surface area contributed by atoms with Crippen LogP contribution in [0.2, 0.25) is 0 Å². The van der Waals surface area contributed by atoms with Crippen molar-refractivity contribution in [3.05, 3.63) is 18.0 Å². The Bertz CT molecular complexity index is 445. The van der Waals surface area contributed by atoms with Crippen LogP contribution in [0.1, 0.15) is 37.7 Å². The Labute approximate surface area is 124 Å². The number of carboxylic acids is 1. The van der Waals surface area contributed by atoms with Gasteiger partial charge in [-0.25, -0.2) is 4.79 Å². The predicted octanol–water partition coefficient (Wildman–Crippen LogP) is 1.53. The van der Waals surface area contributed by atoms with Crippen molar-refractivity contribution < 1.29 is 14.7 Å².